The van der Waals surface area contributed by atoms with E-state index >= 15 is 0 Å². The number of amides is 4. The number of ether oxygens (including phenoxy) is 2. The summed E-state index contributed by atoms with van der Waals surface area (Å²) in [6.45, 7) is 3.49. The summed E-state index contributed by atoms with van der Waals surface area (Å²) in [5.74, 6) is -2.39. The van der Waals surface area contributed by atoms with E-state index in [1.165, 1.54) is 30.3 Å². The number of imide groups is 2. The summed E-state index contributed by atoms with van der Waals surface area (Å²) in [4.78, 5) is 60.1. The molecule has 0 bridgehead atoms. The standard InChI is InChI=1S/C26H18Cl2N4O9/c1-3-40-22-10-14(9-19(28)23(22)41-21-7-6-16(31(36)37)12-20(21)32(38)39)8-17-24(33)29-26(35)30(25(17)34)15-5-4-13(2)18(27)11-15/h4-12H,3H2,1-2H3,(H,29,33,35)/b17-8+. The third-order valence-electron chi connectivity index (χ3n) is 5.72. The predicted molar refractivity (Wildman–Crippen MR) is 148 cm³/mol. The minimum Gasteiger partial charge on any atom is -0.490 e. The first-order valence-corrected chi connectivity index (χ1v) is 12.4. The maximum Gasteiger partial charge on any atom is 0.335 e. The monoisotopic (exact) mass is 600 g/mol. The number of hydrogen-bond donors (Lipinski definition) is 1. The van der Waals surface area contributed by atoms with Gasteiger partial charge in [-0.25, -0.2) is 9.69 Å². The van der Waals surface area contributed by atoms with Crippen LogP contribution in [0.25, 0.3) is 6.08 Å². The lowest BCUT2D eigenvalue weighted by Crippen LogP contribution is -2.54. The van der Waals surface area contributed by atoms with E-state index in [4.69, 9.17) is 32.7 Å². The number of anilines is 1. The van der Waals surface area contributed by atoms with Crippen LogP contribution in [0.5, 0.6) is 17.2 Å². The van der Waals surface area contributed by atoms with E-state index in [0.717, 1.165) is 23.1 Å². The molecule has 3 aromatic rings. The zero-order valence-corrected chi connectivity index (χ0v) is 22.7. The largest absolute Gasteiger partial charge is 0.490 e. The van der Waals surface area contributed by atoms with Crippen LogP contribution < -0.4 is 19.7 Å². The Morgan fingerprint density at radius 1 is 0.951 bits per heavy atom. The summed E-state index contributed by atoms with van der Waals surface area (Å²) in [6, 6.07) is 9.04. The average Bonchev–Trinajstić information content (AvgIpc) is 2.90. The van der Waals surface area contributed by atoms with Crippen molar-refractivity contribution < 1.29 is 33.7 Å². The number of halogens is 2. The third kappa shape index (κ3) is 5.95. The second-order valence-electron chi connectivity index (χ2n) is 8.42. The summed E-state index contributed by atoms with van der Waals surface area (Å²) < 4.78 is 11.2. The van der Waals surface area contributed by atoms with Gasteiger partial charge in [0.05, 0.1) is 33.2 Å². The molecule has 0 atom stereocenters. The fraction of sp³-hybridized carbons (Fsp3) is 0.115. The van der Waals surface area contributed by atoms with Gasteiger partial charge in [0.1, 0.15) is 5.57 Å². The van der Waals surface area contributed by atoms with Gasteiger partial charge in [-0.2, -0.15) is 0 Å². The number of benzene rings is 3. The smallest absolute Gasteiger partial charge is 0.335 e. The van der Waals surface area contributed by atoms with Gasteiger partial charge in [-0.1, -0.05) is 29.3 Å². The molecule has 1 heterocycles. The molecule has 4 rings (SSSR count). The second-order valence-corrected chi connectivity index (χ2v) is 9.24. The number of urea groups is 1. The molecule has 15 heteroatoms. The Balaban J connectivity index is 1.74. The number of hydrogen-bond acceptors (Lipinski definition) is 9. The molecule has 210 valence electrons. The van der Waals surface area contributed by atoms with Crippen LogP contribution in [0.4, 0.5) is 21.9 Å². The summed E-state index contributed by atoms with van der Waals surface area (Å²) in [6.07, 6.45) is 1.18. The van der Waals surface area contributed by atoms with Crippen LogP contribution in [-0.2, 0) is 9.59 Å². The number of nitro groups is 2. The number of nitrogens with one attached hydrogen (secondary N) is 1. The van der Waals surface area contributed by atoms with Crippen molar-refractivity contribution in [2.75, 3.05) is 11.5 Å². The van der Waals surface area contributed by atoms with E-state index in [1.807, 2.05) is 0 Å². The second kappa shape index (κ2) is 11.6. The Bertz CT molecular complexity index is 1670. The van der Waals surface area contributed by atoms with Crippen molar-refractivity contribution in [1.82, 2.24) is 5.32 Å². The first-order valence-electron chi connectivity index (χ1n) is 11.7. The molecule has 1 aliphatic heterocycles. The molecule has 0 aromatic heterocycles. The summed E-state index contributed by atoms with van der Waals surface area (Å²) >= 11 is 12.6. The Morgan fingerprint density at radius 3 is 2.32 bits per heavy atom. The van der Waals surface area contributed by atoms with E-state index in [0.29, 0.717) is 10.6 Å². The van der Waals surface area contributed by atoms with Crippen LogP contribution in [0.15, 0.2) is 54.1 Å². The number of nitrogens with zero attached hydrogens (tertiary/aromatic N) is 3. The van der Waals surface area contributed by atoms with Crippen LogP contribution >= 0.6 is 23.2 Å². The van der Waals surface area contributed by atoms with Crippen LogP contribution in [0.3, 0.4) is 0 Å². The van der Waals surface area contributed by atoms with E-state index in [1.54, 1.807) is 19.9 Å². The van der Waals surface area contributed by atoms with Gasteiger partial charge in [-0.15, -0.1) is 0 Å². The van der Waals surface area contributed by atoms with Crippen LogP contribution in [-0.4, -0.2) is 34.3 Å². The van der Waals surface area contributed by atoms with Gasteiger partial charge in [-0.3, -0.25) is 35.1 Å². The van der Waals surface area contributed by atoms with Gasteiger partial charge in [0.2, 0.25) is 5.75 Å². The minimum atomic E-state index is -0.960. The molecule has 0 spiro atoms. The quantitative estimate of drug-likeness (QED) is 0.141. The van der Waals surface area contributed by atoms with Crippen molar-refractivity contribution in [2.24, 2.45) is 0 Å². The zero-order valence-electron chi connectivity index (χ0n) is 21.2. The van der Waals surface area contributed by atoms with Gasteiger partial charge < -0.3 is 9.47 Å². The summed E-state index contributed by atoms with van der Waals surface area (Å²) in [7, 11) is 0. The van der Waals surface area contributed by atoms with E-state index in [9.17, 15) is 34.6 Å². The molecule has 0 unspecified atom stereocenters. The third-order valence-corrected chi connectivity index (χ3v) is 6.41. The lowest BCUT2D eigenvalue weighted by molar-refractivity contribution is -0.394. The van der Waals surface area contributed by atoms with Crippen molar-refractivity contribution in [3.63, 3.8) is 0 Å². The first-order chi connectivity index (χ1) is 19.4. The normalized spacial score (nSPS) is 14.2. The number of aryl methyl sites for hydroxylation is 1. The molecule has 41 heavy (non-hydrogen) atoms. The number of non-ortho nitro benzene ring substituents is 1. The number of barbiturate groups is 1. The lowest BCUT2D eigenvalue weighted by Gasteiger charge is -2.26. The molecular weight excluding hydrogens is 583 g/mol. The van der Waals surface area contributed by atoms with E-state index in [-0.39, 0.29) is 40.1 Å². The number of carbonyl (C=O) groups excluding carboxylic acids is 3. The van der Waals surface area contributed by atoms with Gasteiger partial charge in [0.25, 0.3) is 17.5 Å². The summed E-state index contributed by atoms with van der Waals surface area (Å²) in [5, 5.41) is 24.9. The highest BCUT2D eigenvalue weighted by molar-refractivity contribution is 6.39. The van der Waals surface area contributed by atoms with Gasteiger partial charge in [0, 0.05) is 11.1 Å². The Kier molecular flexibility index (Phi) is 8.21. The Morgan fingerprint density at radius 2 is 1.68 bits per heavy atom. The van der Waals surface area contributed by atoms with Crippen molar-refractivity contribution in [2.45, 2.75) is 13.8 Å². The molecule has 0 aliphatic carbocycles. The van der Waals surface area contributed by atoms with E-state index in [2.05, 4.69) is 5.32 Å². The number of carbonyl (C=O) groups is 3. The zero-order chi connectivity index (χ0) is 30.0. The van der Waals surface area contributed by atoms with Crippen LogP contribution in [0, 0.1) is 27.2 Å². The minimum absolute atomic E-state index is 0.0126. The molecule has 1 fully saturated rings. The highest BCUT2D eigenvalue weighted by Gasteiger charge is 2.37. The van der Waals surface area contributed by atoms with E-state index < -0.39 is 44.6 Å². The van der Waals surface area contributed by atoms with Gasteiger partial charge >= 0.3 is 11.7 Å². The molecule has 4 amide bonds. The SMILES string of the molecule is CCOc1cc(/C=C2\C(=O)NC(=O)N(c3ccc(C)c(Cl)c3)C2=O)cc(Cl)c1Oc1ccc([N+](=O)[O-])cc1[N+](=O)[O-]. The molecule has 0 saturated carbocycles. The molecule has 1 aliphatic rings. The fourth-order valence-electron chi connectivity index (χ4n) is 3.77. The van der Waals surface area contributed by atoms with Crippen molar-refractivity contribution >= 4 is 64.2 Å². The molecule has 1 N–H and O–H groups in total. The molecule has 13 nitrogen and oxygen atoms in total. The Hall–Kier alpha value is -5.01. The van der Waals surface area contributed by atoms with Crippen molar-refractivity contribution in [3.8, 4) is 17.2 Å². The maximum atomic E-state index is 13.3. The molecule has 0 radical (unpaired) electrons. The highest BCUT2D eigenvalue weighted by Crippen LogP contribution is 2.43. The van der Waals surface area contributed by atoms with Crippen molar-refractivity contribution in [1.29, 1.82) is 0 Å². The molecule has 3 aromatic carbocycles. The van der Waals surface area contributed by atoms with Crippen LogP contribution in [0.2, 0.25) is 10.0 Å². The summed E-state index contributed by atoms with van der Waals surface area (Å²) in [5.41, 5.74) is -0.555. The predicted octanol–water partition coefficient (Wildman–Crippen LogP) is 5.98. The average molecular weight is 601 g/mol. The lowest BCUT2D eigenvalue weighted by atomic mass is 10.1. The fourth-order valence-corrected chi connectivity index (χ4v) is 4.20. The van der Waals surface area contributed by atoms with Gasteiger partial charge in [0.15, 0.2) is 11.5 Å². The maximum absolute atomic E-state index is 13.3. The van der Waals surface area contributed by atoms with Gasteiger partial charge in [-0.05, 0) is 61.4 Å². The number of rotatable bonds is 8. The van der Waals surface area contributed by atoms with Crippen LogP contribution in [0.1, 0.15) is 18.1 Å². The first kappa shape index (κ1) is 29.0. The van der Waals surface area contributed by atoms with Crippen molar-refractivity contribution in [3.05, 3.63) is 95.5 Å². The number of nitro benzene ring substituents is 2. The molecule has 1 saturated heterocycles. The highest BCUT2D eigenvalue weighted by atomic mass is 35.5. The topological polar surface area (TPSA) is 171 Å². The molecular formula is C26H18Cl2N4O9. The Labute approximate surface area is 241 Å².